The van der Waals surface area contributed by atoms with E-state index < -0.39 is 5.82 Å². The summed E-state index contributed by atoms with van der Waals surface area (Å²) in [6.07, 6.45) is 7.09. The van der Waals surface area contributed by atoms with E-state index in [4.69, 9.17) is 40.1 Å². The monoisotopic (exact) mass is 324 g/mol. The molecule has 1 aromatic carbocycles. The van der Waals surface area contributed by atoms with E-state index in [0.717, 1.165) is 0 Å². The number of aromatic nitrogens is 1. The lowest BCUT2D eigenvalue weighted by Gasteiger charge is -2.11. The van der Waals surface area contributed by atoms with E-state index in [2.05, 4.69) is 10.9 Å². The first-order valence-electron chi connectivity index (χ1n) is 6.00. The zero-order chi connectivity index (χ0) is 15.4. The molecule has 0 bridgehead atoms. The molecule has 1 heterocycles. The molecular weight excluding hydrogens is 314 g/mol. The first kappa shape index (κ1) is 15.4. The summed E-state index contributed by atoms with van der Waals surface area (Å²) in [5.41, 5.74) is 6.73. The van der Waals surface area contributed by atoms with Crippen LogP contribution in [0.2, 0.25) is 10.0 Å². The molecule has 0 amide bonds. The summed E-state index contributed by atoms with van der Waals surface area (Å²) in [5, 5.41) is 0.378. The lowest BCUT2D eigenvalue weighted by atomic mass is 10.1. The third-order valence-electron chi connectivity index (χ3n) is 2.80. The van der Waals surface area contributed by atoms with Crippen LogP contribution in [0, 0.1) is 18.2 Å². The number of halogens is 3. The highest BCUT2D eigenvalue weighted by Crippen LogP contribution is 2.28. The maximum absolute atomic E-state index is 13.4. The van der Waals surface area contributed by atoms with E-state index in [1.54, 1.807) is 6.07 Å². The van der Waals surface area contributed by atoms with Crippen molar-refractivity contribution in [1.29, 1.82) is 0 Å². The van der Waals surface area contributed by atoms with Gasteiger partial charge in [-0.2, -0.15) is 0 Å². The van der Waals surface area contributed by atoms with Gasteiger partial charge in [0, 0.05) is 29.3 Å². The number of ether oxygens (including phenoxy) is 1. The Bertz CT molecular complexity index is 714. The number of benzene rings is 1. The van der Waals surface area contributed by atoms with Gasteiger partial charge in [0.2, 0.25) is 0 Å². The van der Waals surface area contributed by atoms with Crippen LogP contribution in [-0.4, -0.2) is 11.6 Å². The van der Waals surface area contributed by atoms with Gasteiger partial charge in [0.15, 0.2) is 11.6 Å². The zero-order valence-corrected chi connectivity index (χ0v) is 12.4. The first-order valence-corrected chi connectivity index (χ1v) is 6.76. The van der Waals surface area contributed by atoms with Crippen LogP contribution in [0.15, 0.2) is 24.4 Å². The molecule has 1 aromatic heterocycles. The number of hydrogen-bond acceptors (Lipinski definition) is 3. The summed E-state index contributed by atoms with van der Waals surface area (Å²) in [6, 6.07) is 4.28. The molecular formula is C15H11Cl2FN2O. The zero-order valence-electron chi connectivity index (χ0n) is 10.9. The Kier molecular flexibility index (Phi) is 4.89. The van der Waals surface area contributed by atoms with Crippen molar-refractivity contribution in [2.75, 3.05) is 12.3 Å². The number of nitrogen functional groups attached to an aromatic ring is 1. The fraction of sp³-hybridized carbons (Fsp3) is 0.133. The number of nitrogens with two attached hydrogens (primary N) is 1. The molecule has 0 saturated heterocycles. The largest absolute Gasteiger partial charge is 0.489 e. The fourth-order valence-corrected chi connectivity index (χ4v) is 2.27. The molecule has 0 saturated carbocycles. The second kappa shape index (κ2) is 6.66. The van der Waals surface area contributed by atoms with Crippen LogP contribution < -0.4 is 10.5 Å². The molecule has 3 nitrogen and oxygen atoms in total. The predicted molar refractivity (Wildman–Crippen MR) is 82.2 cm³/mol. The quantitative estimate of drug-likeness (QED) is 0.688. The molecule has 0 aliphatic heterocycles. The van der Waals surface area contributed by atoms with Crippen molar-refractivity contribution in [3.8, 4) is 18.1 Å². The van der Waals surface area contributed by atoms with Crippen molar-refractivity contribution >= 4 is 29.0 Å². The molecule has 108 valence electrons. The Morgan fingerprint density at radius 2 is 2.14 bits per heavy atom. The number of nitrogens with zero attached hydrogens (tertiary/aromatic N) is 1. The summed E-state index contributed by atoms with van der Waals surface area (Å²) < 4.78 is 18.9. The fourth-order valence-electron chi connectivity index (χ4n) is 1.71. The SMILES string of the molecule is C#Cc1cnc(N)c(OCCc2c(Cl)ccc(F)c2Cl)c1. The van der Waals surface area contributed by atoms with Crippen molar-refractivity contribution in [2.24, 2.45) is 0 Å². The lowest BCUT2D eigenvalue weighted by Crippen LogP contribution is -2.06. The van der Waals surface area contributed by atoms with Gasteiger partial charge in [0.05, 0.1) is 11.6 Å². The van der Waals surface area contributed by atoms with E-state index >= 15 is 0 Å². The van der Waals surface area contributed by atoms with E-state index in [1.807, 2.05) is 0 Å². The molecule has 0 aliphatic carbocycles. The summed E-state index contributed by atoms with van der Waals surface area (Å²) in [6.45, 7) is 0.211. The van der Waals surface area contributed by atoms with Crippen LogP contribution in [0.25, 0.3) is 0 Å². The summed E-state index contributed by atoms with van der Waals surface area (Å²) in [7, 11) is 0. The third-order valence-corrected chi connectivity index (χ3v) is 3.56. The number of anilines is 1. The van der Waals surface area contributed by atoms with Gasteiger partial charge in [-0.1, -0.05) is 29.1 Å². The summed E-state index contributed by atoms with van der Waals surface area (Å²) in [5.74, 6) is 2.51. The number of rotatable bonds is 4. The molecule has 0 fully saturated rings. The van der Waals surface area contributed by atoms with Gasteiger partial charge in [-0.15, -0.1) is 6.42 Å². The first-order chi connectivity index (χ1) is 10.0. The van der Waals surface area contributed by atoms with E-state index in [0.29, 0.717) is 28.3 Å². The molecule has 2 N–H and O–H groups in total. The van der Waals surface area contributed by atoms with Crippen LogP contribution in [0.3, 0.4) is 0 Å². The highest BCUT2D eigenvalue weighted by molar-refractivity contribution is 6.36. The third kappa shape index (κ3) is 3.57. The molecule has 21 heavy (non-hydrogen) atoms. The van der Waals surface area contributed by atoms with Crippen molar-refractivity contribution in [1.82, 2.24) is 4.98 Å². The second-order valence-electron chi connectivity index (χ2n) is 4.17. The minimum absolute atomic E-state index is 0.00503. The van der Waals surface area contributed by atoms with Crippen LogP contribution in [0.4, 0.5) is 10.2 Å². The Labute approximate surface area is 131 Å². The maximum Gasteiger partial charge on any atom is 0.166 e. The van der Waals surface area contributed by atoms with Gasteiger partial charge in [-0.05, 0) is 17.7 Å². The highest BCUT2D eigenvalue weighted by Gasteiger charge is 2.11. The Morgan fingerprint density at radius 3 is 2.86 bits per heavy atom. The highest BCUT2D eigenvalue weighted by atomic mass is 35.5. The van der Waals surface area contributed by atoms with E-state index in [9.17, 15) is 4.39 Å². The predicted octanol–water partition coefficient (Wildman–Crippen LogP) is 3.71. The number of pyridine rings is 1. The molecule has 6 heteroatoms. The Balaban J connectivity index is 2.09. The van der Waals surface area contributed by atoms with E-state index in [1.165, 1.54) is 18.3 Å². The molecule has 0 spiro atoms. The van der Waals surface area contributed by atoms with Crippen LogP contribution in [-0.2, 0) is 6.42 Å². The number of hydrogen-bond donors (Lipinski definition) is 1. The van der Waals surface area contributed by atoms with Gasteiger partial charge in [0.25, 0.3) is 0 Å². The smallest absolute Gasteiger partial charge is 0.166 e. The minimum Gasteiger partial charge on any atom is -0.489 e. The van der Waals surface area contributed by atoms with Crippen LogP contribution >= 0.6 is 23.2 Å². The van der Waals surface area contributed by atoms with Gasteiger partial charge in [-0.3, -0.25) is 0 Å². The Hall–Kier alpha value is -1.96. The van der Waals surface area contributed by atoms with Crippen molar-refractivity contribution in [3.05, 3.63) is 51.4 Å². The lowest BCUT2D eigenvalue weighted by molar-refractivity contribution is 0.322. The molecule has 2 rings (SSSR count). The van der Waals surface area contributed by atoms with Gasteiger partial charge in [-0.25, -0.2) is 9.37 Å². The average molecular weight is 325 g/mol. The van der Waals surface area contributed by atoms with Gasteiger partial charge < -0.3 is 10.5 Å². The van der Waals surface area contributed by atoms with Gasteiger partial charge >= 0.3 is 0 Å². The van der Waals surface area contributed by atoms with Crippen molar-refractivity contribution in [3.63, 3.8) is 0 Å². The minimum atomic E-state index is -0.522. The maximum atomic E-state index is 13.4. The standard InChI is InChI=1S/C15H11Cl2FN2O/c1-2-9-7-13(15(19)20-8-9)21-6-5-10-11(16)3-4-12(18)14(10)17/h1,3-4,7-8H,5-6H2,(H2,19,20). The molecule has 0 unspecified atom stereocenters. The second-order valence-corrected chi connectivity index (χ2v) is 4.96. The molecule has 0 aliphatic rings. The van der Waals surface area contributed by atoms with Crippen LogP contribution in [0.1, 0.15) is 11.1 Å². The molecule has 2 aromatic rings. The Morgan fingerprint density at radius 1 is 1.38 bits per heavy atom. The average Bonchev–Trinajstić information content (AvgIpc) is 2.48. The summed E-state index contributed by atoms with van der Waals surface area (Å²) >= 11 is 11.9. The molecule has 0 radical (unpaired) electrons. The van der Waals surface area contributed by atoms with Gasteiger partial charge in [0.1, 0.15) is 5.82 Å². The number of terminal acetylenes is 1. The topological polar surface area (TPSA) is 48.1 Å². The molecule has 0 atom stereocenters. The van der Waals surface area contributed by atoms with E-state index in [-0.39, 0.29) is 17.4 Å². The summed E-state index contributed by atoms with van der Waals surface area (Å²) in [4.78, 5) is 3.92. The van der Waals surface area contributed by atoms with Crippen molar-refractivity contribution < 1.29 is 9.13 Å². The van der Waals surface area contributed by atoms with Crippen LogP contribution in [0.5, 0.6) is 5.75 Å². The normalized spacial score (nSPS) is 10.2. The van der Waals surface area contributed by atoms with Crippen molar-refractivity contribution in [2.45, 2.75) is 6.42 Å².